The summed E-state index contributed by atoms with van der Waals surface area (Å²) >= 11 is 9.20. The van der Waals surface area contributed by atoms with E-state index in [1.807, 2.05) is 24.3 Å². The van der Waals surface area contributed by atoms with Gasteiger partial charge >= 0.3 is 0 Å². The van der Waals surface area contributed by atoms with Crippen LogP contribution in [0.5, 0.6) is 5.75 Å². The van der Waals surface area contributed by atoms with E-state index in [0.29, 0.717) is 5.11 Å². The number of hydrogen-bond acceptors (Lipinski definition) is 5. The first kappa shape index (κ1) is 17.7. The zero-order valence-electron chi connectivity index (χ0n) is 14.4. The largest absolute Gasteiger partial charge is 0.497 e. The topological polar surface area (TPSA) is 32.8 Å². The molecule has 2 fully saturated rings. The maximum atomic E-state index is 13.0. The molecule has 7 heteroatoms. The van der Waals surface area contributed by atoms with Crippen LogP contribution in [-0.2, 0) is 4.79 Å². The van der Waals surface area contributed by atoms with Gasteiger partial charge in [0.25, 0.3) is 5.91 Å². The smallest absolute Gasteiger partial charge is 0.257 e. The summed E-state index contributed by atoms with van der Waals surface area (Å²) in [6, 6.07) is 15.8. The summed E-state index contributed by atoms with van der Waals surface area (Å²) in [6.07, 6.45) is 2.07. The van der Waals surface area contributed by atoms with Gasteiger partial charge in [0, 0.05) is 10.6 Å². The van der Waals surface area contributed by atoms with Crippen LogP contribution < -0.4 is 9.64 Å². The molecule has 2 aromatic carbocycles. The fraction of sp³-hybridized carbons (Fsp3) is 0.263. The predicted octanol–water partition coefficient (Wildman–Crippen LogP) is 4.16. The van der Waals surface area contributed by atoms with Crippen molar-refractivity contribution in [3.63, 3.8) is 0 Å². The van der Waals surface area contributed by atoms with Gasteiger partial charge in [0.05, 0.1) is 12.8 Å². The summed E-state index contributed by atoms with van der Waals surface area (Å²) in [5.74, 6) is 1.56. The van der Waals surface area contributed by atoms with Crippen LogP contribution in [-0.4, -0.2) is 41.1 Å². The molecule has 0 bridgehead atoms. The molecule has 2 heterocycles. The summed E-state index contributed by atoms with van der Waals surface area (Å²) < 4.78 is 5.20. The molecular formula is C19H18N2O2S3. The maximum absolute atomic E-state index is 13.0. The first-order valence-electron chi connectivity index (χ1n) is 8.20. The van der Waals surface area contributed by atoms with Crippen molar-refractivity contribution >= 4 is 52.4 Å². The highest BCUT2D eigenvalue weighted by atomic mass is 32.2. The van der Waals surface area contributed by atoms with Crippen LogP contribution in [0.3, 0.4) is 0 Å². The van der Waals surface area contributed by atoms with Gasteiger partial charge in [-0.1, -0.05) is 12.1 Å². The molecule has 2 saturated heterocycles. The van der Waals surface area contributed by atoms with E-state index < -0.39 is 0 Å². The van der Waals surface area contributed by atoms with Gasteiger partial charge in [-0.05, 0) is 60.4 Å². The number of ether oxygens (including phenoxy) is 1. The van der Waals surface area contributed by atoms with E-state index in [1.165, 1.54) is 10.5 Å². The molecule has 0 N–H and O–H groups in total. The minimum atomic E-state index is -0.195. The van der Waals surface area contributed by atoms with Crippen molar-refractivity contribution in [2.45, 2.75) is 16.3 Å². The zero-order valence-corrected chi connectivity index (χ0v) is 16.9. The van der Waals surface area contributed by atoms with Crippen molar-refractivity contribution in [2.75, 3.05) is 24.0 Å². The fourth-order valence-corrected chi connectivity index (χ4v) is 5.61. The lowest BCUT2D eigenvalue weighted by molar-refractivity contribution is -0.119. The molecular weight excluding hydrogens is 384 g/mol. The normalized spacial score (nSPS) is 22.1. The van der Waals surface area contributed by atoms with Gasteiger partial charge in [-0.25, -0.2) is 0 Å². The molecule has 0 saturated carbocycles. The van der Waals surface area contributed by atoms with Gasteiger partial charge in [-0.3, -0.25) is 9.69 Å². The Kier molecular flexibility index (Phi) is 4.86. The van der Waals surface area contributed by atoms with Crippen molar-refractivity contribution in [3.05, 3.63) is 54.1 Å². The highest BCUT2D eigenvalue weighted by Gasteiger charge is 2.50. The number of benzene rings is 2. The monoisotopic (exact) mass is 402 g/mol. The Labute approximate surface area is 166 Å². The number of fused-ring (bicyclic) bond motifs is 1. The SMILES string of the molecule is COc1ccc(N2C(=O)[C@H]3CS[C@H](c4ccc(SC)cc4)N3C2=S)cc1. The molecule has 4 nitrogen and oxygen atoms in total. The third-order valence-corrected chi connectivity index (χ3v) is 7.11. The van der Waals surface area contributed by atoms with Crippen LogP contribution >= 0.6 is 35.7 Å². The Morgan fingerprint density at radius 2 is 1.85 bits per heavy atom. The Balaban J connectivity index is 1.62. The number of rotatable bonds is 4. The average molecular weight is 403 g/mol. The Hall–Kier alpha value is -1.70. The number of thiocarbonyl (C=S) groups is 1. The minimum Gasteiger partial charge on any atom is -0.497 e. The molecule has 1 amide bonds. The number of carbonyl (C=O) groups is 1. The molecule has 0 unspecified atom stereocenters. The summed E-state index contributed by atoms with van der Waals surface area (Å²) in [5.41, 5.74) is 1.97. The fourth-order valence-electron chi connectivity index (χ4n) is 3.28. The lowest BCUT2D eigenvalue weighted by Crippen LogP contribution is -2.33. The third-order valence-electron chi connectivity index (χ3n) is 4.65. The van der Waals surface area contributed by atoms with E-state index in [4.69, 9.17) is 17.0 Å². The van der Waals surface area contributed by atoms with Gasteiger partial charge in [0.15, 0.2) is 5.11 Å². The lowest BCUT2D eigenvalue weighted by atomic mass is 10.2. The van der Waals surface area contributed by atoms with Gasteiger partial charge in [0.1, 0.15) is 17.2 Å². The molecule has 134 valence electrons. The summed E-state index contributed by atoms with van der Waals surface area (Å²) in [7, 11) is 1.63. The Morgan fingerprint density at radius 1 is 1.15 bits per heavy atom. The predicted molar refractivity (Wildman–Crippen MR) is 112 cm³/mol. The van der Waals surface area contributed by atoms with E-state index in [0.717, 1.165) is 17.2 Å². The highest BCUT2D eigenvalue weighted by Crippen LogP contribution is 2.46. The quantitative estimate of drug-likeness (QED) is 0.564. The average Bonchev–Trinajstić information content (AvgIpc) is 3.22. The molecule has 26 heavy (non-hydrogen) atoms. The van der Waals surface area contributed by atoms with Crippen LogP contribution in [0.4, 0.5) is 5.69 Å². The van der Waals surface area contributed by atoms with Crippen molar-refractivity contribution in [1.82, 2.24) is 4.90 Å². The summed E-state index contributed by atoms with van der Waals surface area (Å²) in [6.45, 7) is 0. The molecule has 0 aromatic heterocycles. The molecule has 2 aliphatic rings. The molecule has 0 aliphatic carbocycles. The summed E-state index contributed by atoms with van der Waals surface area (Å²) in [4.78, 5) is 17.9. The van der Waals surface area contributed by atoms with Crippen molar-refractivity contribution in [3.8, 4) is 5.75 Å². The number of amides is 1. The number of hydrogen-bond donors (Lipinski definition) is 0. The molecule has 2 aliphatic heterocycles. The zero-order chi connectivity index (χ0) is 18.3. The van der Waals surface area contributed by atoms with E-state index >= 15 is 0 Å². The van der Waals surface area contributed by atoms with Crippen LogP contribution in [0.25, 0.3) is 0 Å². The van der Waals surface area contributed by atoms with Crippen LogP contribution in [0, 0.1) is 0 Å². The summed E-state index contributed by atoms with van der Waals surface area (Å²) in [5, 5.41) is 0.657. The van der Waals surface area contributed by atoms with Gasteiger partial charge in [0.2, 0.25) is 0 Å². The molecule has 0 spiro atoms. The van der Waals surface area contributed by atoms with Crippen LogP contribution in [0.15, 0.2) is 53.4 Å². The number of thioether (sulfide) groups is 2. The van der Waals surface area contributed by atoms with E-state index in [2.05, 4.69) is 35.4 Å². The molecule has 2 aromatic rings. The van der Waals surface area contributed by atoms with E-state index in [1.54, 1.807) is 35.5 Å². The Morgan fingerprint density at radius 3 is 2.46 bits per heavy atom. The number of methoxy groups -OCH3 is 1. The highest BCUT2D eigenvalue weighted by molar-refractivity contribution is 8.00. The second-order valence-corrected chi connectivity index (χ2v) is 8.39. The van der Waals surface area contributed by atoms with Gasteiger partial charge in [-0.2, -0.15) is 0 Å². The maximum Gasteiger partial charge on any atom is 0.257 e. The standard InChI is InChI=1S/C19H18N2O2S3/c1-23-14-7-5-13(6-8-14)20-17(22)16-11-26-18(21(16)19(20)24)12-3-9-15(25-2)10-4-12/h3-10,16,18H,11H2,1-2H3/t16-,18-/m1/s1. The molecule has 0 radical (unpaired) electrons. The molecule has 4 rings (SSSR count). The second kappa shape index (κ2) is 7.13. The second-order valence-electron chi connectivity index (χ2n) is 6.04. The van der Waals surface area contributed by atoms with E-state index in [9.17, 15) is 4.79 Å². The van der Waals surface area contributed by atoms with Crippen molar-refractivity contribution < 1.29 is 9.53 Å². The van der Waals surface area contributed by atoms with Crippen molar-refractivity contribution in [1.29, 1.82) is 0 Å². The van der Waals surface area contributed by atoms with Crippen LogP contribution in [0.1, 0.15) is 10.9 Å². The van der Waals surface area contributed by atoms with Gasteiger partial charge < -0.3 is 9.64 Å². The number of nitrogens with zero attached hydrogens (tertiary/aromatic N) is 2. The number of anilines is 1. The van der Waals surface area contributed by atoms with Crippen LogP contribution in [0.2, 0.25) is 0 Å². The van der Waals surface area contributed by atoms with E-state index in [-0.39, 0.29) is 17.3 Å². The first-order chi connectivity index (χ1) is 12.6. The first-order valence-corrected chi connectivity index (χ1v) is 10.9. The lowest BCUT2D eigenvalue weighted by Gasteiger charge is -2.25. The van der Waals surface area contributed by atoms with Gasteiger partial charge in [-0.15, -0.1) is 23.5 Å². The Bertz CT molecular complexity index is 839. The number of carbonyl (C=O) groups excluding carboxylic acids is 1. The van der Waals surface area contributed by atoms with Crippen molar-refractivity contribution in [2.24, 2.45) is 0 Å². The molecule has 2 atom stereocenters. The minimum absolute atomic E-state index is 0.0518. The third kappa shape index (κ3) is 2.88.